The van der Waals surface area contributed by atoms with Gasteiger partial charge in [-0.15, -0.1) is 0 Å². The molecule has 1 N–H and O–H groups in total. The largest absolute Gasteiger partial charge is 0.458 e. The Kier molecular flexibility index (Phi) is 5.60. The van der Waals surface area contributed by atoms with Crippen LogP contribution in [0.1, 0.15) is 45.3 Å². The average Bonchev–Trinajstić information content (AvgIpc) is 2.86. The van der Waals surface area contributed by atoms with Gasteiger partial charge in [0.05, 0.1) is 0 Å². The third-order valence-corrected chi connectivity index (χ3v) is 3.61. The molecule has 2 rings (SSSR count). The molecule has 3 heteroatoms. The van der Waals surface area contributed by atoms with E-state index >= 15 is 0 Å². The Morgan fingerprint density at radius 3 is 2.75 bits per heavy atom. The number of furan rings is 1. The Morgan fingerprint density at radius 1 is 1.20 bits per heavy atom. The zero-order valence-electron chi connectivity index (χ0n) is 12.4. The summed E-state index contributed by atoms with van der Waals surface area (Å²) in [6, 6.07) is 7.54. The fourth-order valence-corrected chi connectivity index (χ4v) is 2.57. The highest BCUT2D eigenvalue weighted by Crippen LogP contribution is 2.23. The summed E-state index contributed by atoms with van der Waals surface area (Å²) in [5.41, 5.74) is 0.385. The summed E-state index contributed by atoms with van der Waals surface area (Å²) in [4.78, 5) is 0. The van der Waals surface area contributed by atoms with Gasteiger partial charge in [0.1, 0.15) is 5.76 Å². The van der Waals surface area contributed by atoms with Crippen molar-refractivity contribution in [3.8, 4) is 0 Å². The second-order valence-electron chi connectivity index (χ2n) is 5.35. The molecule has 0 bridgehead atoms. The van der Waals surface area contributed by atoms with E-state index in [-0.39, 0.29) is 5.82 Å². The molecule has 0 aliphatic carbocycles. The van der Waals surface area contributed by atoms with Crippen LogP contribution in [0.4, 0.5) is 4.39 Å². The summed E-state index contributed by atoms with van der Waals surface area (Å²) in [6.07, 6.45) is 5.39. The molecule has 1 heterocycles. The smallest absolute Gasteiger partial charge is 0.169 e. The molecular weight excluding hydrogens is 253 g/mol. The van der Waals surface area contributed by atoms with Gasteiger partial charge < -0.3 is 9.73 Å². The van der Waals surface area contributed by atoms with E-state index in [1.165, 1.54) is 18.9 Å². The second-order valence-corrected chi connectivity index (χ2v) is 5.35. The minimum absolute atomic E-state index is 0.275. The first kappa shape index (κ1) is 15.0. The van der Waals surface area contributed by atoms with Crippen molar-refractivity contribution in [2.45, 2.75) is 52.0 Å². The van der Waals surface area contributed by atoms with E-state index in [9.17, 15) is 4.39 Å². The van der Waals surface area contributed by atoms with Gasteiger partial charge in [-0.25, -0.2) is 4.39 Å². The molecule has 1 atom stereocenters. The van der Waals surface area contributed by atoms with Gasteiger partial charge in [0.2, 0.25) is 0 Å². The quantitative estimate of drug-likeness (QED) is 0.758. The zero-order valence-corrected chi connectivity index (χ0v) is 12.4. The number of halogens is 1. The van der Waals surface area contributed by atoms with Crippen molar-refractivity contribution < 1.29 is 8.81 Å². The zero-order chi connectivity index (χ0) is 14.4. The van der Waals surface area contributed by atoms with E-state index in [4.69, 9.17) is 4.42 Å². The third kappa shape index (κ3) is 3.83. The number of benzene rings is 1. The van der Waals surface area contributed by atoms with Gasteiger partial charge in [0.25, 0.3) is 0 Å². The summed E-state index contributed by atoms with van der Waals surface area (Å²) < 4.78 is 19.2. The predicted octanol–water partition coefficient (Wildman–Crippen LogP) is 4.67. The Balaban J connectivity index is 1.98. The fraction of sp³-hybridized carbons (Fsp3) is 0.529. The molecule has 1 aromatic carbocycles. The van der Waals surface area contributed by atoms with Crippen LogP contribution < -0.4 is 5.32 Å². The van der Waals surface area contributed by atoms with Gasteiger partial charge in [-0.1, -0.05) is 32.4 Å². The first-order valence-electron chi connectivity index (χ1n) is 7.65. The monoisotopic (exact) mass is 277 g/mol. The molecule has 0 amide bonds. The Morgan fingerprint density at radius 2 is 2.05 bits per heavy atom. The average molecular weight is 277 g/mol. The standard InChI is InChI=1S/C17H24FNO/c1-3-6-14(19-11-4-2)9-10-15-12-13-7-5-8-16(18)17(13)20-15/h5,7-8,12,14,19H,3-4,6,9-11H2,1-2H3. The second kappa shape index (κ2) is 7.44. The molecule has 0 radical (unpaired) electrons. The summed E-state index contributed by atoms with van der Waals surface area (Å²) in [7, 11) is 0. The van der Waals surface area contributed by atoms with Gasteiger partial charge in [-0.2, -0.15) is 0 Å². The van der Waals surface area contributed by atoms with Crippen molar-refractivity contribution in [3.63, 3.8) is 0 Å². The maximum Gasteiger partial charge on any atom is 0.169 e. The van der Waals surface area contributed by atoms with Crippen LogP contribution in [-0.2, 0) is 6.42 Å². The van der Waals surface area contributed by atoms with Crippen molar-refractivity contribution >= 4 is 11.0 Å². The van der Waals surface area contributed by atoms with Gasteiger partial charge in [-0.05, 0) is 37.9 Å². The molecule has 2 nitrogen and oxygen atoms in total. The number of fused-ring (bicyclic) bond motifs is 1. The van der Waals surface area contributed by atoms with Crippen LogP contribution in [0.2, 0.25) is 0 Å². The lowest BCUT2D eigenvalue weighted by Gasteiger charge is -2.16. The van der Waals surface area contributed by atoms with E-state index < -0.39 is 0 Å². The van der Waals surface area contributed by atoms with Crippen molar-refractivity contribution in [3.05, 3.63) is 35.8 Å². The SMILES string of the molecule is CCCNC(CCC)CCc1cc2cccc(F)c2o1. The molecular formula is C17H24FNO. The number of aryl methyl sites for hydroxylation is 1. The predicted molar refractivity (Wildman–Crippen MR) is 81.5 cm³/mol. The van der Waals surface area contributed by atoms with Gasteiger partial charge in [0.15, 0.2) is 11.4 Å². The minimum Gasteiger partial charge on any atom is -0.458 e. The molecule has 1 unspecified atom stereocenters. The molecule has 110 valence electrons. The fourth-order valence-electron chi connectivity index (χ4n) is 2.57. The van der Waals surface area contributed by atoms with E-state index in [0.717, 1.165) is 37.0 Å². The van der Waals surface area contributed by atoms with Crippen molar-refractivity contribution in [2.75, 3.05) is 6.54 Å². The normalized spacial score (nSPS) is 12.9. The minimum atomic E-state index is -0.275. The molecule has 0 fully saturated rings. The molecule has 0 saturated heterocycles. The van der Waals surface area contributed by atoms with Crippen molar-refractivity contribution in [1.29, 1.82) is 0 Å². The van der Waals surface area contributed by atoms with Crippen LogP contribution >= 0.6 is 0 Å². The number of para-hydroxylation sites is 1. The lowest BCUT2D eigenvalue weighted by atomic mass is 10.0. The van der Waals surface area contributed by atoms with E-state index in [1.54, 1.807) is 6.07 Å². The molecule has 2 aromatic rings. The molecule has 20 heavy (non-hydrogen) atoms. The summed E-state index contributed by atoms with van der Waals surface area (Å²) >= 11 is 0. The topological polar surface area (TPSA) is 25.2 Å². The highest BCUT2D eigenvalue weighted by molar-refractivity contribution is 5.78. The lowest BCUT2D eigenvalue weighted by Crippen LogP contribution is -2.30. The maximum atomic E-state index is 13.6. The van der Waals surface area contributed by atoms with E-state index in [0.29, 0.717) is 11.6 Å². The van der Waals surface area contributed by atoms with Crippen LogP contribution in [0.25, 0.3) is 11.0 Å². The Labute approximate surface area is 120 Å². The molecule has 0 aliphatic heterocycles. The summed E-state index contributed by atoms with van der Waals surface area (Å²) in [6.45, 7) is 5.44. The van der Waals surface area contributed by atoms with Crippen molar-refractivity contribution in [1.82, 2.24) is 5.32 Å². The maximum absolute atomic E-state index is 13.6. The highest BCUT2D eigenvalue weighted by Gasteiger charge is 2.11. The number of nitrogens with one attached hydrogen (secondary N) is 1. The van der Waals surface area contributed by atoms with Gasteiger partial charge in [-0.3, -0.25) is 0 Å². The summed E-state index contributed by atoms with van der Waals surface area (Å²) in [5, 5.41) is 4.43. The Hall–Kier alpha value is -1.35. The van der Waals surface area contributed by atoms with Gasteiger partial charge in [0, 0.05) is 17.8 Å². The molecule has 0 spiro atoms. The molecule has 0 saturated carbocycles. The first-order valence-corrected chi connectivity index (χ1v) is 7.65. The van der Waals surface area contributed by atoms with Crippen LogP contribution in [0.3, 0.4) is 0 Å². The van der Waals surface area contributed by atoms with Crippen LogP contribution in [0, 0.1) is 5.82 Å². The van der Waals surface area contributed by atoms with E-state index in [1.807, 2.05) is 12.1 Å². The molecule has 1 aromatic heterocycles. The summed E-state index contributed by atoms with van der Waals surface area (Å²) in [5.74, 6) is 0.604. The Bertz CT molecular complexity index is 535. The number of hydrogen-bond donors (Lipinski definition) is 1. The third-order valence-electron chi connectivity index (χ3n) is 3.61. The van der Waals surface area contributed by atoms with Gasteiger partial charge >= 0.3 is 0 Å². The number of hydrogen-bond acceptors (Lipinski definition) is 2. The lowest BCUT2D eigenvalue weighted by molar-refractivity contribution is 0.427. The van der Waals surface area contributed by atoms with Crippen molar-refractivity contribution in [2.24, 2.45) is 0 Å². The van der Waals surface area contributed by atoms with E-state index in [2.05, 4.69) is 19.2 Å². The highest BCUT2D eigenvalue weighted by atomic mass is 19.1. The number of rotatable bonds is 8. The first-order chi connectivity index (χ1) is 9.74. The molecule has 0 aliphatic rings. The van der Waals surface area contributed by atoms with Crippen LogP contribution in [0.5, 0.6) is 0 Å². The van der Waals surface area contributed by atoms with Crippen LogP contribution in [0.15, 0.2) is 28.7 Å². The van der Waals surface area contributed by atoms with Crippen LogP contribution in [-0.4, -0.2) is 12.6 Å².